The monoisotopic (exact) mass is 359 g/mol. The molecule has 0 radical (unpaired) electrons. The van der Waals surface area contributed by atoms with Gasteiger partial charge in [0.25, 0.3) is 0 Å². The summed E-state index contributed by atoms with van der Waals surface area (Å²) in [4.78, 5) is 26.2. The molecule has 3 N–H and O–H groups in total. The lowest BCUT2D eigenvalue weighted by Gasteiger charge is -2.25. The number of aromatic nitrogens is 1. The highest BCUT2D eigenvalue weighted by atomic mass is 19.1. The molecule has 2 heterocycles. The van der Waals surface area contributed by atoms with Crippen molar-refractivity contribution in [3.63, 3.8) is 0 Å². The molecule has 2 aromatic rings. The zero-order chi connectivity index (χ0) is 18.7. The maximum absolute atomic E-state index is 15.3. The first-order valence-electron chi connectivity index (χ1n) is 8.92. The Hall–Kier alpha value is -2.41. The molecule has 1 aromatic heterocycles. The van der Waals surface area contributed by atoms with Crippen LogP contribution in [0.5, 0.6) is 0 Å². The van der Waals surface area contributed by atoms with E-state index in [0.717, 1.165) is 19.3 Å². The number of pyridine rings is 1. The van der Waals surface area contributed by atoms with Gasteiger partial charge in [0.2, 0.25) is 5.43 Å². The van der Waals surface area contributed by atoms with E-state index in [4.69, 9.17) is 5.73 Å². The van der Waals surface area contributed by atoms with Crippen molar-refractivity contribution in [2.75, 3.05) is 18.0 Å². The van der Waals surface area contributed by atoms with Crippen LogP contribution in [-0.4, -0.2) is 34.8 Å². The molecule has 6 nitrogen and oxygen atoms in total. The highest BCUT2D eigenvalue weighted by Gasteiger charge is 2.32. The Bertz CT molecular complexity index is 994. The summed E-state index contributed by atoms with van der Waals surface area (Å²) in [5, 5.41) is 9.59. The topological polar surface area (TPSA) is 88.6 Å². The third-order valence-corrected chi connectivity index (χ3v) is 5.57. The fourth-order valence-corrected chi connectivity index (χ4v) is 4.09. The van der Waals surface area contributed by atoms with Crippen molar-refractivity contribution in [2.45, 2.75) is 45.2 Å². The molecule has 0 spiro atoms. The fraction of sp³-hybridized carbons (Fsp3) is 0.474. The molecule has 138 valence electrons. The van der Waals surface area contributed by atoms with Crippen LogP contribution >= 0.6 is 0 Å². The van der Waals surface area contributed by atoms with Crippen molar-refractivity contribution in [3.8, 4) is 0 Å². The SMILES string of the molecule is Cc1c(F)c(N2CC[C@@H](N)C2)c(C)c2c1c(=O)c(C(=O)O)cn2C1CC1. The van der Waals surface area contributed by atoms with Crippen molar-refractivity contribution in [3.05, 3.63) is 38.9 Å². The molecule has 0 bridgehead atoms. The molecular weight excluding hydrogens is 337 g/mol. The van der Waals surface area contributed by atoms with E-state index in [1.807, 2.05) is 16.4 Å². The lowest BCUT2D eigenvalue weighted by molar-refractivity contribution is 0.0695. The van der Waals surface area contributed by atoms with Crippen LogP contribution in [0.25, 0.3) is 10.9 Å². The number of rotatable bonds is 3. The molecule has 4 rings (SSSR count). The number of hydrogen-bond acceptors (Lipinski definition) is 4. The Labute approximate surface area is 150 Å². The molecule has 1 atom stereocenters. The number of carboxylic acid groups (broad SMARTS) is 1. The Morgan fingerprint density at radius 3 is 2.50 bits per heavy atom. The third-order valence-electron chi connectivity index (χ3n) is 5.57. The highest BCUT2D eigenvalue weighted by Crippen LogP contribution is 2.41. The molecule has 2 fully saturated rings. The third kappa shape index (κ3) is 2.41. The average Bonchev–Trinajstić information content (AvgIpc) is 3.34. The number of aryl methyl sites for hydroxylation is 2. The Balaban J connectivity index is 2.09. The fourth-order valence-electron chi connectivity index (χ4n) is 4.09. The Kier molecular flexibility index (Phi) is 3.80. The van der Waals surface area contributed by atoms with Gasteiger partial charge in [-0.05, 0) is 38.7 Å². The van der Waals surface area contributed by atoms with Crippen molar-refractivity contribution < 1.29 is 14.3 Å². The van der Waals surface area contributed by atoms with Gasteiger partial charge in [-0.2, -0.15) is 0 Å². The minimum absolute atomic E-state index is 0.00446. The van der Waals surface area contributed by atoms with Crippen LogP contribution < -0.4 is 16.1 Å². The molecular formula is C19H22FN3O3. The van der Waals surface area contributed by atoms with Crippen LogP contribution in [0.15, 0.2) is 11.0 Å². The second-order valence-corrected chi connectivity index (χ2v) is 7.45. The molecule has 1 aliphatic carbocycles. The van der Waals surface area contributed by atoms with E-state index in [1.54, 1.807) is 6.92 Å². The van der Waals surface area contributed by atoms with Gasteiger partial charge in [-0.1, -0.05) is 0 Å². The van der Waals surface area contributed by atoms with Crippen LogP contribution in [0.4, 0.5) is 10.1 Å². The lowest BCUT2D eigenvalue weighted by atomic mass is 9.99. The van der Waals surface area contributed by atoms with E-state index >= 15 is 4.39 Å². The van der Waals surface area contributed by atoms with Crippen LogP contribution in [0.1, 0.15) is 46.8 Å². The minimum Gasteiger partial charge on any atom is -0.477 e. The van der Waals surface area contributed by atoms with E-state index in [-0.39, 0.29) is 28.6 Å². The number of carbonyl (C=O) groups is 1. The minimum atomic E-state index is -1.28. The van der Waals surface area contributed by atoms with Gasteiger partial charge in [0.1, 0.15) is 5.56 Å². The zero-order valence-corrected chi connectivity index (χ0v) is 14.9. The van der Waals surface area contributed by atoms with Gasteiger partial charge < -0.3 is 20.3 Å². The largest absolute Gasteiger partial charge is 0.477 e. The maximum Gasteiger partial charge on any atom is 0.341 e. The van der Waals surface area contributed by atoms with Gasteiger partial charge in [-0.3, -0.25) is 4.79 Å². The van der Waals surface area contributed by atoms with Crippen LogP contribution in [0, 0.1) is 19.7 Å². The molecule has 0 unspecified atom stereocenters. The molecule has 1 saturated carbocycles. The Morgan fingerprint density at radius 2 is 1.96 bits per heavy atom. The van der Waals surface area contributed by atoms with Gasteiger partial charge in [0.15, 0.2) is 5.82 Å². The van der Waals surface area contributed by atoms with Crippen molar-refractivity contribution >= 4 is 22.6 Å². The smallest absolute Gasteiger partial charge is 0.341 e. The normalized spacial score (nSPS) is 20.2. The van der Waals surface area contributed by atoms with Crippen molar-refractivity contribution in [2.24, 2.45) is 5.73 Å². The number of benzene rings is 1. The van der Waals surface area contributed by atoms with Gasteiger partial charge in [-0.15, -0.1) is 0 Å². The quantitative estimate of drug-likeness (QED) is 0.878. The van der Waals surface area contributed by atoms with E-state index in [1.165, 1.54) is 6.20 Å². The molecule has 2 aliphatic rings. The van der Waals surface area contributed by atoms with E-state index in [0.29, 0.717) is 29.9 Å². The van der Waals surface area contributed by atoms with E-state index in [2.05, 4.69) is 0 Å². The summed E-state index contributed by atoms with van der Waals surface area (Å²) >= 11 is 0. The second-order valence-electron chi connectivity index (χ2n) is 7.45. The zero-order valence-electron chi connectivity index (χ0n) is 14.9. The van der Waals surface area contributed by atoms with Crippen LogP contribution in [0.3, 0.4) is 0 Å². The standard InChI is InChI=1S/C19H22FN3O3/c1-9-14-16(10(2)17(15(9)20)22-6-5-11(21)7-22)23(12-3-4-12)8-13(18(14)24)19(25)26/h8,11-12H,3-7,21H2,1-2H3,(H,25,26)/t11-/m1/s1. The molecule has 1 aliphatic heterocycles. The molecule has 1 saturated heterocycles. The Morgan fingerprint density at radius 1 is 1.27 bits per heavy atom. The number of nitrogens with zero attached hydrogens (tertiary/aromatic N) is 2. The van der Waals surface area contributed by atoms with E-state index < -0.39 is 17.2 Å². The number of aromatic carboxylic acids is 1. The van der Waals surface area contributed by atoms with Gasteiger partial charge in [0.05, 0.1) is 16.6 Å². The molecule has 26 heavy (non-hydrogen) atoms. The molecule has 1 aromatic carbocycles. The second kappa shape index (κ2) is 5.81. The summed E-state index contributed by atoms with van der Waals surface area (Å²) in [6.45, 7) is 4.61. The average molecular weight is 359 g/mol. The van der Waals surface area contributed by atoms with Crippen LogP contribution in [-0.2, 0) is 0 Å². The van der Waals surface area contributed by atoms with Crippen molar-refractivity contribution in [1.29, 1.82) is 0 Å². The number of halogens is 1. The molecule has 0 amide bonds. The first kappa shape index (κ1) is 17.0. The first-order chi connectivity index (χ1) is 12.3. The first-order valence-corrected chi connectivity index (χ1v) is 8.92. The summed E-state index contributed by atoms with van der Waals surface area (Å²) in [6, 6.07) is 0.165. The van der Waals surface area contributed by atoms with Crippen LogP contribution in [0.2, 0.25) is 0 Å². The predicted octanol–water partition coefficient (Wildman–Crippen LogP) is 2.33. The van der Waals surface area contributed by atoms with Crippen molar-refractivity contribution in [1.82, 2.24) is 4.57 Å². The summed E-state index contributed by atoms with van der Waals surface area (Å²) in [5.74, 6) is -1.73. The summed E-state index contributed by atoms with van der Waals surface area (Å²) in [7, 11) is 0. The predicted molar refractivity (Wildman–Crippen MR) is 97.7 cm³/mol. The lowest BCUT2D eigenvalue weighted by Crippen LogP contribution is -2.28. The number of nitrogens with two attached hydrogens (primary N) is 1. The number of hydrogen-bond donors (Lipinski definition) is 2. The molecule has 7 heteroatoms. The highest BCUT2D eigenvalue weighted by molar-refractivity contribution is 5.97. The summed E-state index contributed by atoms with van der Waals surface area (Å²) < 4.78 is 17.1. The summed E-state index contributed by atoms with van der Waals surface area (Å²) in [5.41, 5.74) is 7.10. The van der Waals surface area contributed by atoms with Gasteiger partial charge in [0, 0.05) is 36.9 Å². The number of anilines is 1. The maximum atomic E-state index is 15.3. The van der Waals surface area contributed by atoms with Gasteiger partial charge in [-0.25, -0.2) is 9.18 Å². The number of fused-ring (bicyclic) bond motifs is 1. The number of carboxylic acids is 1. The van der Waals surface area contributed by atoms with E-state index in [9.17, 15) is 14.7 Å². The summed E-state index contributed by atoms with van der Waals surface area (Å²) in [6.07, 6.45) is 4.07. The van der Waals surface area contributed by atoms with Gasteiger partial charge >= 0.3 is 5.97 Å².